The van der Waals surface area contributed by atoms with E-state index in [4.69, 9.17) is 0 Å². The molecule has 0 bridgehead atoms. The largest absolute Gasteiger partial charge is 0.393 e. The van der Waals surface area contributed by atoms with E-state index in [1.165, 1.54) is 64.2 Å². The average molecular weight is 403 g/mol. The Morgan fingerprint density at radius 1 is 0.828 bits per heavy atom. The summed E-state index contributed by atoms with van der Waals surface area (Å²) in [6.07, 6.45) is 15.1. The predicted molar refractivity (Wildman–Crippen MR) is 124 cm³/mol. The van der Waals surface area contributed by atoms with Gasteiger partial charge < -0.3 is 5.11 Å². The lowest BCUT2D eigenvalue weighted by atomic mass is 9.44. The summed E-state index contributed by atoms with van der Waals surface area (Å²) in [6, 6.07) is 0. The van der Waals surface area contributed by atoms with Gasteiger partial charge in [0.25, 0.3) is 0 Å². The molecule has 4 rings (SSSR count). The second kappa shape index (κ2) is 8.14. The number of rotatable bonds is 5. The highest BCUT2D eigenvalue weighted by Crippen LogP contribution is 2.68. The Morgan fingerprint density at radius 3 is 2.31 bits per heavy atom. The second-order valence-corrected chi connectivity index (χ2v) is 13.0. The lowest BCUT2D eigenvalue weighted by molar-refractivity contribution is -0.164. The van der Waals surface area contributed by atoms with Crippen molar-refractivity contribution in [3.8, 4) is 0 Å². The molecule has 1 nitrogen and oxygen atoms in total. The van der Waals surface area contributed by atoms with E-state index < -0.39 is 0 Å². The minimum atomic E-state index is -0.0351. The van der Waals surface area contributed by atoms with Crippen molar-refractivity contribution >= 4 is 0 Å². The molecule has 5 unspecified atom stereocenters. The van der Waals surface area contributed by atoms with E-state index in [2.05, 4.69) is 41.5 Å². The molecule has 0 amide bonds. The molecular formula is C28H50O. The van der Waals surface area contributed by atoms with Gasteiger partial charge in [0.15, 0.2) is 0 Å². The van der Waals surface area contributed by atoms with Gasteiger partial charge in [0, 0.05) is 0 Å². The van der Waals surface area contributed by atoms with Crippen LogP contribution in [0.2, 0.25) is 0 Å². The first-order chi connectivity index (χ1) is 13.7. The fraction of sp³-hybridized carbons (Fsp3) is 1.00. The van der Waals surface area contributed by atoms with Gasteiger partial charge in [0.1, 0.15) is 0 Å². The molecule has 0 aromatic heterocycles. The first-order valence-electron chi connectivity index (χ1n) is 13.4. The Hall–Kier alpha value is -0.0400. The Bertz CT molecular complexity index is 569. The quantitative estimate of drug-likeness (QED) is 0.499. The van der Waals surface area contributed by atoms with Gasteiger partial charge in [-0.3, -0.25) is 0 Å². The van der Waals surface area contributed by atoms with Crippen molar-refractivity contribution < 1.29 is 5.11 Å². The number of hydrogen-bond donors (Lipinski definition) is 1. The minimum absolute atomic E-state index is 0.0351. The van der Waals surface area contributed by atoms with E-state index in [9.17, 15) is 5.11 Å². The van der Waals surface area contributed by atoms with Gasteiger partial charge in [-0.1, -0.05) is 60.8 Å². The van der Waals surface area contributed by atoms with Crippen molar-refractivity contribution in [2.45, 2.75) is 118 Å². The Labute approximate surface area is 181 Å². The van der Waals surface area contributed by atoms with Crippen molar-refractivity contribution in [2.75, 3.05) is 0 Å². The van der Waals surface area contributed by atoms with Crippen molar-refractivity contribution in [1.29, 1.82) is 0 Å². The van der Waals surface area contributed by atoms with Crippen LogP contribution in [-0.4, -0.2) is 11.2 Å². The van der Waals surface area contributed by atoms with Crippen LogP contribution in [0.1, 0.15) is 112 Å². The molecule has 4 aliphatic rings. The van der Waals surface area contributed by atoms with Crippen molar-refractivity contribution in [3.05, 3.63) is 0 Å². The van der Waals surface area contributed by atoms with Crippen LogP contribution in [-0.2, 0) is 0 Å². The zero-order valence-corrected chi connectivity index (χ0v) is 20.4. The molecule has 4 aliphatic carbocycles. The van der Waals surface area contributed by atoms with Crippen LogP contribution in [0.3, 0.4) is 0 Å². The molecule has 0 radical (unpaired) electrons. The molecule has 0 saturated heterocycles. The highest BCUT2D eigenvalue weighted by Gasteiger charge is 2.61. The van der Waals surface area contributed by atoms with Crippen LogP contribution in [0, 0.1) is 58.2 Å². The highest BCUT2D eigenvalue weighted by atomic mass is 16.3. The predicted octanol–water partition coefficient (Wildman–Crippen LogP) is 7.71. The molecule has 4 saturated carbocycles. The van der Waals surface area contributed by atoms with Crippen LogP contribution in [0.5, 0.6) is 0 Å². The van der Waals surface area contributed by atoms with E-state index in [1.54, 1.807) is 0 Å². The van der Waals surface area contributed by atoms with E-state index in [0.29, 0.717) is 5.41 Å². The van der Waals surface area contributed by atoms with E-state index in [0.717, 1.165) is 53.8 Å². The SMILES string of the molecule is CC(C)[C@@H](C)CC[C@@H](C)[C@H]1CCC2C3CCC4CCCC(O)[C@]4(C)C3CC[C@@]21C. The maximum atomic E-state index is 11.1. The topological polar surface area (TPSA) is 20.2 Å². The third-order valence-electron chi connectivity index (χ3n) is 11.7. The normalized spacial score (nSPS) is 49.2. The van der Waals surface area contributed by atoms with E-state index in [1.807, 2.05) is 0 Å². The van der Waals surface area contributed by atoms with Crippen LogP contribution < -0.4 is 0 Å². The fourth-order valence-corrected chi connectivity index (χ4v) is 9.35. The van der Waals surface area contributed by atoms with E-state index in [-0.39, 0.29) is 11.5 Å². The van der Waals surface area contributed by atoms with Crippen LogP contribution in [0.15, 0.2) is 0 Å². The zero-order chi connectivity index (χ0) is 21.0. The molecule has 1 heteroatoms. The lowest BCUT2D eigenvalue weighted by Gasteiger charge is -2.62. The third kappa shape index (κ3) is 3.54. The standard InChI is InChI=1S/C28H50O/c1-18(2)19(3)10-11-20(4)23-14-15-24-22-13-12-21-8-7-9-26(29)28(21,6)25(22)16-17-27(23,24)5/h18-26,29H,7-17H2,1-6H3/t19-,20+,21?,22?,23+,24?,25?,26?,27+,28-/m0/s1. The summed E-state index contributed by atoms with van der Waals surface area (Å²) in [5.74, 6) is 6.93. The van der Waals surface area contributed by atoms with Crippen LogP contribution >= 0.6 is 0 Å². The molecule has 10 atom stereocenters. The first-order valence-corrected chi connectivity index (χ1v) is 13.4. The Morgan fingerprint density at radius 2 is 1.59 bits per heavy atom. The second-order valence-electron chi connectivity index (χ2n) is 13.0. The van der Waals surface area contributed by atoms with Crippen molar-refractivity contribution in [1.82, 2.24) is 0 Å². The van der Waals surface area contributed by atoms with Gasteiger partial charge in [-0.15, -0.1) is 0 Å². The van der Waals surface area contributed by atoms with Crippen LogP contribution in [0.4, 0.5) is 0 Å². The highest BCUT2D eigenvalue weighted by molar-refractivity contribution is 5.10. The molecular weight excluding hydrogens is 352 g/mol. The Kier molecular flexibility index (Phi) is 6.22. The van der Waals surface area contributed by atoms with Crippen molar-refractivity contribution in [3.63, 3.8) is 0 Å². The number of aliphatic hydroxyl groups is 1. The Balaban J connectivity index is 1.48. The van der Waals surface area contributed by atoms with Gasteiger partial charge in [0.05, 0.1) is 6.10 Å². The summed E-state index contributed by atoms with van der Waals surface area (Å²) in [6.45, 7) is 15.0. The molecule has 4 fully saturated rings. The number of hydrogen-bond acceptors (Lipinski definition) is 1. The first kappa shape index (κ1) is 22.2. The zero-order valence-electron chi connectivity index (χ0n) is 20.4. The monoisotopic (exact) mass is 402 g/mol. The van der Waals surface area contributed by atoms with Gasteiger partial charge in [-0.05, 0) is 110 Å². The number of aliphatic hydroxyl groups excluding tert-OH is 1. The lowest BCUT2D eigenvalue weighted by Crippen LogP contribution is -2.57. The van der Waals surface area contributed by atoms with Gasteiger partial charge in [0.2, 0.25) is 0 Å². The van der Waals surface area contributed by atoms with Crippen molar-refractivity contribution in [2.24, 2.45) is 58.2 Å². The maximum absolute atomic E-state index is 11.1. The summed E-state index contributed by atoms with van der Waals surface area (Å²) in [4.78, 5) is 0. The van der Waals surface area contributed by atoms with E-state index >= 15 is 0 Å². The molecule has 0 aromatic rings. The smallest absolute Gasteiger partial charge is 0.0599 e. The van der Waals surface area contributed by atoms with Gasteiger partial charge in [-0.25, -0.2) is 0 Å². The molecule has 168 valence electrons. The summed E-state index contributed by atoms with van der Waals surface area (Å²) < 4.78 is 0. The molecule has 0 heterocycles. The van der Waals surface area contributed by atoms with Crippen LogP contribution in [0.25, 0.3) is 0 Å². The third-order valence-corrected chi connectivity index (χ3v) is 11.7. The van der Waals surface area contributed by atoms with Gasteiger partial charge in [-0.2, -0.15) is 0 Å². The average Bonchev–Trinajstić information content (AvgIpc) is 3.04. The molecule has 0 aliphatic heterocycles. The summed E-state index contributed by atoms with van der Waals surface area (Å²) in [7, 11) is 0. The molecule has 0 spiro atoms. The summed E-state index contributed by atoms with van der Waals surface area (Å²) >= 11 is 0. The summed E-state index contributed by atoms with van der Waals surface area (Å²) in [5, 5.41) is 11.1. The molecule has 29 heavy (non-hydrogen) atoms. The molecule has 0 aromatic carbocycles. The molecule has 1 N–H and O–H groups in total. The van der Waals surface area contributed by atoms with Gasteiger partial charge >= 0.3 is 0 Å². The minimum Gasteiger partial charge on any atom is -0.393 e. The number of fused-ring (bicyclic) bond motifs is 5. The summed E-state index contributed by atoms with van der Waals surface area (Å²) in [5.41, 5.74) is 0.795. The fourth-order valence-electron chi connectivity index (χ4n) is 9.35. The maximum Gasteiger partial charge on any atom is 0.0599 e.